The number of allylic oxidation sites excluding steroid dienone is 1. The number of ether oxygens (including phenoxy) is 1. The van der Waals surface area contributed by atoms with Gasteiger partial charge in [-0.3, -0.25) is 4.99 Å². The van der Waals surface area contributed by atoms with Gasteiger partial charge < -0.3 is 9.84 Å². The maximum Gasteiger partial charge on any atom is 0.198 e. The maximum atomic E-state index is 9.36. The predicted octanol–water partition coefficient (Wildman–Crippen LogP) is 1.38. The molecule has 0 spiro atoms. The van der Waals surface area contributed by atoms with Crippen LogP contribution >= 0.6 is 0 Å². The summed E-state index contributed by atoms with van der Waals surface area (Å²) in [5.41, 5.74) is 1.56. The molecule has 0 amide bonds. The van der Waals surface area contributed by atoms with Crippen LogP contribution in [0.2, 0.25) is 0 Å². The number of hydrogen-bond acceptors (Lipinski definition) is 3. The van der Waals surface area contributed by atoms with Crippen molar-refractivity contribution in [3.05, 3.63) is 11.6 Å². The fraction of sp³-hybridized carbons (Fsp3) is 0.667. The first-order valence-corrected chi connectivity index (χ1v) is 4.05. The van der Waals surface area contributed by atoms with Crippen molar-refractivity contribution in [2.45, 2.75) is 27.1 Å². The first kappa shape index (κ1) is 11.3. The zero-order valence-electron chi connectivity index (χ0n) is 8.16. The zero-order chi connectivity index (χ0) is 9.56. The van der Waals surface area contributed by atoms with E-state index in [-0.39, 0.29) is 0 Å². The molecular formula is C9H17NO2. The minimum Gasteiger partial charge on any atom is -0.363 e. The van der Waals surface area contributed by atoms with Crippen molar-refractivity contribution < 1.29 is 9.84 Å². The highest BCUT2D eigenvalue weighted by Crippen LogP contribution is 2.03. The van der Waals surface area contributed by atoms with E-state index < -0.39 is 6.29 Å². The highest BCUT2D eigenvalue weighted by molar-refractivity contribution is 6.01. The average molecular weight is 171 g/mol. The molecule has 0 aliphatic heterocycles. The van der Waals surface area contributed by atoms with Crippen molar-refractivity contribution in [3.63, 3.8) is 0 Å². The third-order valence-corrected chi connectivity index (χ3v) is 1.62. The zero-order valence-corrected chi connectivity index (χ0v) is 8.16. The molecule has 0 aliphatic rings. The van der Waals surface area contributed by atoms with Crippen molar-refractivity contribution in [2.75, 3.05) is 13.7 Å². The Balaban J connectivity index is 4.55. The van der Waals surface area contributed by atoms with E-state index in [0.29, 0.717) is 12.3 Å². The van der Waals surface area contributed by atoms with Crippen LogP contribution in [0.25, 0.3) is 0 Å². The molecule has 0 aromatic heterocycles. The lowest BCUT2D eigenvalue weighted by atomic mass is 10.1. The van der Waals surface area contributed by atoms with Gasteiger partial charge in [-0.1, -0.05) is 6.08 Å². The van der Waals surface area contributed by atoms with Crippen molar-refractivity contribution in [1.82, 2.24) is 0 Å². The fourth-order valence-corrected chi connectivity index (χ4v) is 0.827. The lowest BCUT2D eigenvalue weighted by molar-refractivity contribution is -0.0197. The molecule has 0 heterocycles. The molecule has 70 valence electrons. The first-order chi connectivity index (χ1) is 5.67. The van der Waals surface area contributed by atoms with E-state index in [1.165, 1.54) is 7.11 Å². The van der Waals surface area contributed by atoms with Crippen LogP contribution in [-0.4, -0.2) is 30.8 Å². The topological polar surface area (TPSA) is 41.8 Å². The maximum absolute atomic E-state index is 9.36. The standard InChI is InChI=1S/C9H17NO2/c1-5-7(3)8(10-6-2)9(11)12-4/h5,9,11H,6H2,1-4H3/b7-5-,10-8?. The van der Waals surface area contributed by atoms with Gasteiger partial charge in [0.1, 0.15) is 0 Å². The molecule has 1 unspecified atom stereocenters. The summed E-state index contributed by atoms with van der Waals surface area (Å²) in [6.07, 6.45) is 0.998. The second kappa shape index (κ2) is 5.91. The largest absolute Gasteiger partial charge is 0.363 e. The van der Waals surface area contributed by atoms with Crippen LogP contribution < -0.4 is 0 Å². The van der Waals surface area contributed by atoms with Crippen LogP contribution in [0.4, 0.5) is 0 Å². The van der Waals surface area contributed by atoms with Crippen LogP contribution in [0, 0.1) is 0 Å². The van der Waals surface area contributed by atoms with Gasteiger partial charge in [0.05, 0.1) is 5.71 Å². The monoisotopic (exact) mass is 171 g/mol. The third kappa shape index (κ3) is 3.15. The summed E-state index contributed by atoms with van der Waals surface area (Å²) in [7, 11) is 1.46. The smallest absolute Gasteiger partial charge is 0.198 e. The van der Waals surface area contributed by atoms with Crippen LogP contribution in [0.3, 0.4) is 0 Å². The molecule has 0 saturated heterocycles. The molecule has 0 saturated carbocycles. The normalized spacial score (nSPS) is 16.4. The van der Waals surface area contributed by atoms with Gasteiger partial charge in [-0.25, -0.2) is 0 Å². The minimum atomic E-state index is -0.902. The van der Waals surface area contributed by atoms with Gasteiger partial charge in [0.25, 0.3) is 0 Å². The third-order valence-electron chi connectivity index (χ3n) is 1.62. The van der Waals surface area contributed by atoms with Gasteiger partial charge in [0.15, 0.2) is 6.29 Å². The number of aliphatic hydroxyl groups is 1. The first-order valence-electron chi connectivity index (χ1n) is 4.05. The van der Waals surface area contributed by atoms with Crippen LogP contribution in [0.1, 0.15) is 20.8 Å². The van der Waals surface area contributed by atoms with Gasteiger partial charge in [-0.2, -0.15) is 0 Å². The Hall–Kier alpha value is -0.670. The van der Waals surface area contributed by atoms with Gasteiger partial charge in [-0.05, 0) is 26.3 Å². The van der Waals surface area contributed by atoms with Crippen molar-refractivity contribution in [1.29, 1.82) is 0 Å². The highest BCUT2D eigenvalue weighted by Gasteiger charge is 2.11. The van der Waals surface area contributed by atoms with E-state index in [1.54, 1.807) is 0 Å². The molecular weight excluding hydrogens is 154 g/mol. The molecule has 0 rings (SSSR count). The van der Waals surface area contributed by atoms with E-state index >= 15 is 0 Å². The number of aliphatic imine (C=N–C) groups is 1. The number of nitrogens with zero attached hydrogens (tertiary/aromatic N) is 1. The summed E-state index contributed by atoms with van der Waals surface area (Å²) in [5, 5.41) is 9.36. The van der Waals surface area contributed by atoms with Crippen molar-refractivity contribution in [3.8, 4) is 0 Å². The quantitative estimate of drug-likeness (QED) is 0.513. The van der Waals surface area contributed by atoms with Crippen molar-refractivity contribution in [2.24, 2.45) is 4.99 Å². The Morgan fingerprint density at radius 1 is 1.67 bits per heavy atom. The fourth-order valence-electron chi connectivity index (χ4n) is 0.827. The lowest BCUT2D eigenvalue weighted by Crippen LogP contribution is -2.23. The van der Waals surface area contributed by atoms with E-state index in [1.807, 2.05) is 26.8 Å². The number of methoxy groups -OCH3 is 1. The Bertz CT molecular complexity index is 185. The Labute approximate surface area is 73.8 Å². The van der Waals surface area contributed by atoms with Crippen LogP contribution in [0.5, 0.6) is 0 Å². The summed E-state index contributed by atoms with van der Waals surface area (Å²) >= 11 is 0. The molecule has 0 aromatic rings. The van der Waals surface area contributed by atoms with Gasteiger partial charge in [-0.15, -0.1) is 0 Å². The highest BCUT2D eigenvalue weighted by atomic mass is 16.6. The Kier molecular flexibility index (Phi) is 5.58. The lowest BCUT2D eigenvalue weighted by Gasteiger charge is -2.12. The van der Waals surface area contributed by atoms with Crippen molar-refractivity contribution >= 4 is 5.71 Å². The molecule has 3 nitrogen and oxygen atoms in total. The number of aliphatic hydroxyl groups excluding tert-OH is 1. The molecule has 0 aliphatic carbocycles. The Morgan fingerprint density at radius 2 is 2.25 bits per heavy atom. The molecule has 0 fully saturated rings. The van der Waals surface area contributed by atoms with Crippen LogP contribution in [0.15, 0.2) is 16.6 Å². The summed E-state index contributed by atoms with van der Waals surface area (Å²) in [6, 6.07) is 0. The molecule has 0 bridgehead atoms. The van der Waals surface area contributed by atoms with Gasteiger partial charge >= 0.3 is 0 Å². The van der Waals surface area contributed by atoms with E-state index in [2.05, 4.69) is 4.99 Å². The summed E-state index contributed by atoms with van der Waals surface area (Å²) in [5.74, 6) is 0. The second-order valence-corrected chi connectivity index (χ2v) is 2.42. The molecule has 12 heavy (non-hydrogen) atoms. The molecule has 0 aromatic carbocycles. The molecule has 1 N–H and O–H groups in total. The molecule has 1 atom stereocenters. The molecule has 0 radical (unpaired) electrons. The number of hydrogen-bond donors (Lipinski definition) is 1. The van der Waals surface area contributed by atoms with Gasteiger partial charge in [0.2, 0.25) is 0 Å². The number of rotatable bonds is 4. The van der Waals surface area contributed by atoms with E-state index in [9.17, 15) is 5.11 Å². The summed E-state index contributed by atoms with van der Waals surface area (Å²) in [6.45, 7) is 6.38. The second-order valence-electron chi connectivity index (χ2n) is 2.42. The van der Waals surface area contributed by atoms with E-state index in [0.717, 1.165) is 5.57 Å². The summed E-state index contributed by atoms with van der Waals surface area (Å²) in [4.78, 5) is 4.14. The minimum absolute atomic E-state index is 0.613. The molecule has 3 heteroatoms. The Morgan fingerprint density at radius 3 is 2.58 bits per heavy atom. The predicted molar refractivity (Wildman–Crippen MR) is 50.4 cm³/mol. The van der Waals surface area contributed by atoms with E-state index in [4.69, 9.17) is 4.74 Å². The van der Waals surface area contributed by atoms with Crippen LogP contribution in [-0.2, 0) is 4.74 Å². The summed E-state index contributed by atoms with van der Waals surface area (Å²) < 4.78 is 4.77. The van der Waals surface area contributed by atoms with Gasteiger partial charge in [0, 0.05) is 13.7 Å². The SMILES string of the molecule is C/C=C(/C)C(=NCC)C(O)OC. The average Bonchev–Trinajstić information content (AvgIpc) is 2.11.